The molecule has 0 saturated heterocycles. The van der Waals surface area contributed by atoms with E-state index in [2.05, 4.69) is 39.8 Å². The number of hydrogen-bond acceptors (Lipinski definition) is 0. The van der Waals surface area contributed by atoms with Gasteiger partial charge in [-0.15, -0.1) is 0 Å². The molecule has 84 valence electrons. The quantitative estimate of drug-likeness (QED) is 0.444. The van der Waals surface area contributed by atoms with Crippen molar-refractivity contribution in [2.75, 3.05) is 0 Å². The molecule has 0 nitrogen and oxygen atoms in total. The molecule has 1 atom stereocenters. The largest absolute Gasteiger partial charge is 0.109 e. The molecule has 0 aromatic rings. The van der Waals surface area contributed by atoms with Gasteiger partial charge >= 0.3 is 0 Å². The maximum absolute atomic E-state index is 2.41. The Kier molecular flexibility index (Phi) is 5.01. The van der Waals surface area contributed by atoms with E-state index in [4.69, 9.17) is 0 Å². The minimum Gasteiger partial charge on any atom is -0.0857 e. The molecule has 15 heavy (non-hydrogen) atoms. The molecule has 0 radical (unpaired) electrons. The molecule has 1 rings (SSSR count). The molecule has 0 aliphatic heterocycles. The van der Waals surface area contributed by atoms with Crippen molar-refractivity contribution in [2.24, 2.45) is 5.92 Å². The molecule has 0 aromatic carbocycles. The molecule has 0 fully saturated rings. The monoisotopic (exact) mass is 205 g/mol. The highest BCUT2D eigenvalue weighted by atomic mass is 14.2. The predicted octanol–water partition coefficient (Wildman–Crippen LogP) is 5.07. The number of allylic oxidation sites excluding steroid dienone is 4. The first-order valence-electron chi connectivity index (χ1n) is 6.23. The van der Waals surface area contributed by atoms with Gasteiger partial charge in [0, 0.05) is 6.42 Å². The van der Waals surface area contributed by atoms with Gasteiger partial charge in [-0.2, -0.15) is 0 Å². The van der Waals surface area contributed by atoms with Crippen LogP contribution in [0.25, 0.3) is 0 Å². The van der Waals surface area contributed by atoms with Gasteiger partial charge in [-0.05, 0) is 46.6 Å². The van der Waals surface area contributed by atoms with Gasteiger partial charge in [-0.1, -0.05) is 17.2 Å². The molecule has 0 unspecified atom stereocenters. The van der Waals surface area contributed by atoms with Crippen molar-refractivity contribution in [3.05, 3.63) is 29.2 Å². The molecule has 0 heterocycles. The highest BCUT2D eigenvalue weighted by Gasteiger charge is 2.28. The van der Waals surface area contributed by atoms with Gasteiger partial charge in [-0.3, -0.25) is 0 Å². The van der Waals surface area contributed by atoms with Crippen LogP contribution in [0.2, 0.25) is 0 Å². The summed E-state index contributed by atoms with van der Waals surface area (Å²) in [6.45, 7) is 9.02. The van der Waals surface area contributed by atoms with Crippen LogP contribution in [0.3, 0.4) is 0 Å². The molecular formula is C15H25+. The standard InChI is InChI=1S/C15H25/c1-12(2)6-5-7-14(4)15-10-8-13(3)9-11-15/h6,8,14H,5,7,9-11H2,1-4H3/q+1/t14-/m0/s1. The Morgan fingerprint density at radius 3 is 2.80 bits per heavy atom. The van der Waals surface area contributed by atoms with E-state index in [9.17, 15) is 0 Å². The molecule has 0 N–H and O–H groups in total. The molecule has 0 saturated carbocycles. The van der Waals surface area contributed by atoms with E-state index in [1.807, 2.05) is 0 Å². The van der Waals surface area contributed by atoms with E-state index in [-0.39, 0.29) is 0 Å². The SMILES string of the molecule is CC(C)=CCC[C@H](C)[C+]1CC=C(C)CC1. The summed E-state index contributed by atoms with van der Waals surface area (Å²) in [7, 11) is 0. The van der Waals surface area contributed by atoms with Gasteiger partial charge in [0.15, 0.2) is 0 Å². The highest BCUT2D eigenvalue weighted by Crippen LogP contribution is 2.33. The summed E-state index contributed by atoms with van der Waals surface area (Å²) < 4.78 is 0. The fourth-order valence-electron chi connectivity index (χ4n) is 2.14. The van der Waals surface area contributed by atoms with Crippen LogP contribution in [0, 0.1) is 11.8 Å². The van der Waals surface area contributed by atoms with Gasteiger partial charge < -0.3 is 0 Å². The second kappa shape index (κ2) is 6.05. The summed E-state index contributed by atoms with van der Waals surface area (Å²) in [5.74, 6) is 2.58. The molecule has 1 aliphatic carbocycles. The van der Waals surface area contributed by atoms with Crippen LogP contribution in [0.4, 0.5) is 0 Å². The average Bonchev–Trinajstić information content (AvgIpc) is 2.18. The first kappa shape index (κ1) is 12.4. The third kappa shape index (κ3) is 4.59. The Labute approximate surface area is 95.5 Å². The van der Waals surface area contributed by atoms with Gasteiger partial charge in [0.05, 0.1) is 18.3 Å². The normalized spacial score (nSPS) is 18.4. The summed E-state index contributed by atoms with van der Waals surface area (Å²) in [4.78, 5) is 0. The van der Waals surface area contributed by atoms with Crippen LogP contribution < -0.4 is 0 Å². The minimum atomic E-state index is 0.810. The summed E-state index contributed by atoms with van der Waals surface area (Å²) in [6.07, 6.45) is 11.2. The third-order valence-electron chi connectivity index (χ3n) is 3.40. The molecule has 0 spiro atoms. The second-order valence-corrected chi connectivity index (χ2v) is 5.17. The zero-order valence-corrected chi connectivity index (χ0v) is 10.8. The van der Waals surface area contributed by atoms with E-state index in [0.29, 0.717) is 0 Å². The van der Waals surface area contributed by atoms with E-state index < -0.39 is 0 Å². The van der Waals surface area contributed by atoms with Crippen molar-refractivity contribution in [3.8, 4) is 0 Å². The van der Waals surface area contributed by atoms with Crippen LogP contribution in [0.15, 0.2) is 23.3 Å². The average molecular weight is 205 g/mol. The molecule has 0 amide bonds. The van der Waals surface area contributed by atoms with E-state index in [1.54, 1.807) is 11.5 Å². The van der Waals surface area contributed by atoms with Crippen molar-refractivity contribution in [1.29, 1.82) is 0 Å². The van der Waals surface area contributed by atoms with E-state index >= 15 is 0 Å². The zero-order valence-electron chi connectivity index (χ0n) is 10.8. The van der Waals surface area contributed by atoms with Crippen molar-refractivity contribution in [3.63, 3.8) is 0 Å². The Bertz CT molecular complexity index is 241. The van der Waals surface area contributed by atoms with Crippen LogP contribution in [-0.4, -0.2) is 0 Å². The maximum atomic E-state index is 2.41. The van der Waals surface area contributed by atoms with Crippen LogP contribution in [-0.2, 0) is 0 Å². The summed E-state index contributed by atoms with van der Waals surface area (Å²) >= 11 is 0. The zero-order chi connectivity index (χ0) is 11.3. The molecule has 0 bridgehead atoms. The Balaban J connectivity index is 2.29. The third-order valence-corrected chi connectivity index (χ3v) is 3.40. The minimum absolute atomic E-state index is 0.810. The lowest BCUT2D eigenvalue weighted by molar-refractivity contribution is 0.493. The van der Waals surface area contributed by atoms with Crippen LogP contribution in [0.1, 0.15) is 59.8 Å². The van der Waals surface area contributed by atoms with Crippen LogP contribution in [0.5, 0.6) is 0 Å². The first-order chi connectivity index (χ1) is 7.09. The molecule has 0 aromatic heterocycles. The number of rotatable bonds is 4. The Morgan fingerprint density at radius 1 is 1.53 bits per heavy atom. The first-order valence-corrected chi connectivity index (χ1v) is 6.23. The summed E-state index contributed by atoms with van der Waals surface area (Å²) in [6, 6.07) is 0. The highest BCUT2D eigenvalue weighted by molar-refractivity contribution is 5.14. The maximum Gasteiger partial charge on any atom is 0.109 e. The van der Waals surface area contributed by atoms with Gasteiger partial charge in [0.2, 0.25) is 0 Å². The predicted molar refractivity (Wildman–Crippen MR) is 68.7 cm³/mol. The van der Waals surface area contributed by atoms with E-state index in [1.165, 1.54) is 37.7 Å². The Morgan fingerprint density at radius 2 is 2.27 bits per heavy atom. The lowest BCUT2D eigenvalue weighted by atomic mass is 9.80. The lowest BCUT2D eigenvalue weighted by Gasteiger charge is -2.16. The van der Waals surface area contributed by atoms with Crippen molar-refractivity contribution in [1.82, 2.24) is 0 Å². The van der Waals surface area contributed by atoms with E-state index in [0.717, 1.165) is 5.92 Å². The van der Waals surface area contributed by atoms with Crippen molar-refractivity contribution in [2.45, 2.75) is 59.8 Å². The molecule has 1 aliphatic rings. The fourth-order valence-corrected chi connectivity index (χ4v) is 2.14. The summed E-state index contributed by atoms with van der Waals surface area (Å²) in [5.41, 5.74) is 3.03. The Hall–Kier alpha value is -0.650. The van der Waals surface area contributed by atoms with Crippen LogP contribution >= 0.6 is 0 Å². The molecule has 0 heteroatoms. The van der Waals surface area contributed by atoms with Gasteiger partial charge in [-0.25, -0.2) is 0 Å². The fraction of sp³-hybridized carbons (Fsp3) is 0.667. The van der Waals surface area contributed by atoms with Crippen molar-refractivity contribution < 1.29 is 0 Å². The topological polar surface area (TPSA) is 0 Å². The van der Waals surface area contributed by atoms with Gasteiger partial charge in [0.25, 0.3) is 0 Å². The lowest BCUT2D eigenvalue weighted by Crippen LogP contribution is -2.11. The molecular weight excluding hydrogens is 180 g/mol. The van der Waals surface area contributed by atoms with Crippen molar-refractivity contribution >= 4 is 0 Å². The second-order valence-electron chi connectivity index (χ2n) is 5.17. The van der Waals surface area contributed by atoms with Gasteiger partial charge in [0.1, 0.15) is 6.42 Å². The smallest absolute Gasteiger partial charge is 0.0857 e. The summed E-state index contributed by atoms with van der Waals surface area (Å²) in [5, 5.41) is 0. The number of hydrogen-bond donors (Lipinski definition) is 0.